The van der Waals surface area contributed by atoms with Crippen LogP contribution in [0.25, 0.3) is 11.1 Å². The minimum Gasteiger partial charge on any atom is -0.447 e. The maximum absolute atomic E-state index is 13.1. The number of hydrogen-bond acceptors (Lipinski definition) is 10. The minimum absolute atomic E-state index is 0.187. The van der Waals surface area contributed by atoms with Crippen molar-refractivity contribution >= 4 is 70.0 Å². The van der Waals surface area contributed by atoms with E-state index >= 15 is 0 Å². The number of halogens is 3. The molecule has 14 heteroatoms. The van der Waals surface area contributed by atoms with Gasteiger partial charge in [0.2, 0.25) is 0 Å². The standard InChI is InChI=1S/C21H24Cl2O4.C20H25ClN2O5/c1-4-20(2,3)19(25)26-17-16(14-9-8-13(22)12-15(14)23)18(24)27-21(17)10-6-5-7-11-21;1-5-27-19(25)28-17-16(15-12(2)10-14(21)11-13(15)3)18(24)22-20(17)6-8-23(26-4)9-7-20/h8-9,12H,4-7,10-11H2,1-3H3;10-11H,5-9H2,1-4H3,(H,22,24). The van der Waals surface area contributed by atoms with Crippen LogP contribution in [0.15, 0.2) is 41.9 Å². The monoisotopic (exact) mass is 818 g/mol. The Kier molecular flexibility index (Phi) is 13.3. The Bertz CT molecular complexity index is 1880. The Morgan fingerprint density at radius 3 is 2.07 bits per heavy atom. The molecule has 1 N–H and O–H groups in total. The normalized spacial score (nSPS) is 19.2. The van der Waals surface area contributed by atoms with E-state index in [1.807, 2.05) is 39.7 Å². The van der Waals surface area contributed by atoms with Gasteiger partial charge in [-0.05, 0) is 121 Å². The summed E-state index contributed by atoms with van der Waals surface area (Å²) < 4.78 is 22.3. The molecule has 0 bridgehead atoms. The molecule has 0 unspecified atom stereocenters. The van der Waals surface area contributed by atoms with E-state index in [0.717, 1.165) is 36.0 Å². The molecule has 2 fully saturated rings. The number of nitrogens with one attached hydrogen (secondary N) is 1. The molecule has 6 rings (SSSR count). The molecule has 0 radical (unpaired) electrons. The number of hydrogen-bond donors (Lipinski definition) is 1. The summed E-state index contributed by atoms with van der Waals surface area (Å²) in [5, 5.41) is 6.27. The lowest BCUT2D eigenvalue weighted by molar-refractivity contribution is -0.160. The van der Waals surface area contributed by atoms with Gasteiger partial charge in [0.25, 0.3) is 5.91 Å². The van der Waals surface area contributed by atoms with Crippen LogP contribution in [-0.2, 0) is 38.2 Å². The molecule has 2 spiro atoms. The van der Waals surface area contributed by atoms with E-state index in [9.17, 15) is 19.2 Å². The number of carbonyl (C=O) groups excluding carboxylic acids is 4. The van der Waals surface area contributed by atoms with Crippen molar-refractivity contribution in [1.82, 2.24) is 10.4 Å². The number of hydroxylamine groups is 2. The number of ether oxygens (including phenoxy) is 4. The molecule has 55 heavy (non-hydrogen) atoms. The first kappa shape index (κ1) is 42.5. The zero-order valence-corrected chi connectivity index (χ0v) is 34.7. The number of aryl methyl sites for hydroxylation is 2. The maximum Gasteiger partial charge on any atom is 0.513 e. The molecule has 298 valence electrons. The molecule has 3 heterocycles. The molecule has 2 aromatic carbocycles. The number of rotatable bonds is 8. The van der Waals surface area contributed by atoms with Crippen molar-refractivity contribution in [2.75, 3.05) is 26.8 Å². The zero-order valence-electron chi connectivity index (χ0n) is 32.4. The first-order valence-corrected chi connectivity index (χ1v) is 19.8. The fourth-order valence-corrected chi connectivity index (χ4v) is 8.31. The van der Waals surface area contributed by atoms with Crippen LogP contribution >= 0.6 is 34.8 Å². The van der Waals surface area contributed by atoms with Crippen molar-refractivity contribution < 1.29 is 43.0 Å². The van der Waals surface area contributed by atoms with Crippen LogP contribution in [0.5, 0.6) is 0 Å². The SMILES string of the molecule is CCC(C)(C)C(=O)OC1=C(c2ccc(Cl)cc2Cl)C(=O)OC12CCCCC2.CCOC(=O)OC1=C(c2c(C)cc(Cl)cc2C)C(=O)NC12CCN(OC)CC2. The highest BCUT2D eigenvalue weighted by molar-refractivity contribution is 6.37. The Hall–Kier alpha value is -3.61. The second-order valence-electron chi connectivity index (χ2n) is 15.0. The van der Waals surface area contributed by atoms with Gasteiger partial charge in [-0.1, -0.05) is 54.2 Å². The topological polar surface area (TPSA) is 130 Å². The average molecular weight is 820 g/mol. The van der Waals surface area contributed by atoms with Gasteiger partial charge in [-0.15, -0.1) is 0 Å². The van der Waals surface area contributed by atoms with Crippen LogP contribution < -0.4 is 5.32 Å². The number of nitrogens with zero attached hydrogens (tertiary/aromatic N) is 1. The van der Waals surface area contributed by atoms with Gasteiger partial charge < -0.3 is 29.1 Å². The summed E-state index contributed by atoms with van der Waals surface area (Å²) in [6, 6.07) is 8.49. The maximum atomic E-state index is 13.1. The summed E-state index contributed by atoms with van der Waals surface area (Å²) >= 11 is 18.5. The largest absolute Gasteiger partial charge is 0.513 e. The van der Waals surface area contributed by atoms with Crippen molar-refractivity contribution in [2.45, 2.75) is 104 Å². The summed E-state index contributed by atoms with van der Waals surface area (Å²) in [4.78, 5) is 56.2. The lowest BCUT2D eigenvalue weighted by atomic mass is 9.82. The van der Waals surface area contributed by atoms with Gasteiger partial charge in [0.15, 0.2) is 17.1 Å². The molecular weight excluding hydrogens is 771 g/mol. The Morgan fingerprint density at radius 1 is 0.873 bits per heavy atom. The first-order chi connectivity index (χ1) is 26.0. The third kappa shape index (κ3) is 8.86. The van der Waals surface area contributed by atoms with E-state index in [1.54, 1.807) is 44.4 Å². The smallest absolute Gasteiger partial charge is 0.447 e. The lowest BCUT2D eigenvalue weighted by Crippen LogP contribution is -2.53. The second-order valence-corrected chi connectivity index (χ2v) is 16.2. The predicted molar refractivity (Wildman–Crippen MR) is 210 cm³/mol. The van der Waals surface area contributed by atoms with Crippen molar-refractivity contribution in [3.05, 3.63) is 79.2 Å². The van der Waals surface area contributed by atoms with E-state index in [4.69, 9.17) is 58.6 Å². The van der Waals surface area contributed by atoms with Gasteiger partial charge in [-0.25, -0.2) is 9.59 Å². The number of esters is 2. The summed E-state index contributed by atoms with van der Waals surface area (Å²) in [7, 11) is 1.61. The Morgan fingerprint density at radius 2 is 1.51 bits per heavy atom. The van der Waals surface area contributed by atoms with E-state index < -0.39 is 28.7 Å². The van der Waals surface area contributed by atoms with Crippen molar-refractivity contribution in [3.8, 4) is 0 Å². The summed E-state index contributed by atoms with van der Waals surface area (Å²) in [5.41, 5.74) is 1.17. The molecule has 11 nitrogen and oxygen atoms in total. The van der Waals surface area contributed by atoms with Crippen molar-refractivity contribution in [2.24, 2.45) is 5.41 Å². The highest BCUT2D eigenvalue weighted by Gasteiger charge is 2.53. The van der Waals surface area contributed by atoms with E-state index in [0.29, 0.717) is 82.9 Å². The number of piperidine rings is 1. The highest BCUT2D eigenvalue weighted by atomic mass is 35.5. The van der Waals surface area contributed by atoms with Crippen LogP contribution in [0.4, 0.5) is 4.79 Å². The third-order valence-electron chi connectivity index (χ3n) is 10.9. The zero-order chi connectivity index (χ0) is 40.3. The summed E-state index contributed by atoms with van der Waals surface area (Å²) in [5.74, 6) is -0.508. The highest BCUT2D eigenvalue weighted by Crippen LogP contribution is 2.49. The van der Waals surface area contributed by atoms with Crippen LogP contribution in [-0.4, -0.2) is 67.0 Å². The fraction of sp³-hybridized carbons (Fsp3) is 0.512. The van der Waals surface area contributed by atoms with Gasteiger partial charge >= 0.3 is 18.1 Å². The Balaban J connectivity index is 0.000000211. The molecule has 1 saturated heterocycles. The molecule has 2 aromatic rings. The minimum atomic E-state index is -0.882. The predicted octanol–water partition coefficient (Wildman–Crippen LogP) is 9.31. The van der Waals surface area contributed by atoms with Crippen LogP contribution in [0.3, 0.4) is 0 Å². The quantitative estimate of drug-likeness (QED) is 0.203. The first-order valence-electron chi connectivity index (χ1n) is 18.6. The number of benzene rings is 2. The lowest BCUT2D eigenvalue weighted by Gasteiger charge is -2.38. The van der Waals surface area contributed by atoms with Crippen LogP contribution in [0, 0.1) is 19.3 Å². The second kappa shape index (κ2) is 17.3. The fourth-order valence-electron chi connectivity index (χ4n) is 7.48. The molecule has 1 amide bonds. The van der Waals surface area contributed by atoms with Gasteiger partial charge in [-0.3, -0.25) is 9.59 Å². The number of amides is 1. The molecule has 1 saturated carbocycles. The van der Waals surface area contributed by atoms with E-state index in [1.165, 1.54) is 0 Å². The van der Waals surface area contributed by atoms with Crippen molar-refractivity contribution in [3.63, 3.8) is 0 Å². The van der Waals surface area contributed by atoms with Crippen molar-refractivity contribution in [1.29, 1.82) is 0 Å². The van der Waals surface area contributed by atoms with Crippen LogP contribution in [0.2, 0.25) is 15.1 Å². The Labute approximate surface area is 337 Å². The van der Waals surface area contributed by atoms with E-state index in [2.05, 4.69) is 5.32 Å². The molecular formula is C41H49Cl3N2O9. The van der Waals surface area contributed by atoms with Gasteiger partial charge in [0.05, 0.1) is 29.7 Å². The van der Waals surface area contributed by atoms with Gasteiger partial charge in [0.1, 0.15) is 11.1 Å². The molecule has 3 aliphatic heterocycles. The molecule has 1 aliphatic carbocycles. The summed E-state index contributed by atoms with van der Waals surface area (Å²) in [6.45, 7) is 12.4. The third-order valence-corrected chi connectivity index (χ3v) is 11.7. The average Bonchev–Trinajstić information content (AvgIpc) is 3.53. The summed E-state index contributed by atoms with van der Waals surface area (Å²) in [6.07, 6.45) is 5.08. The van der Waals surface area contributed by atoms with Gasteiger partial charge in [0, 0.05) is 28.7 Å². The molecule has 0 aromatic heterocycles. The van der Waals surface area contributed by atoms with E-state index in [-0.39, 0.29) is 24.1 Å². The molecule has 0 atom stereocenters. The number of carbonyl (C=O) groups is 4. The van der Waals surface area contributed by atoms with Crippen LogP contribution in [0.1, 0.15) is 101 Å². The molecule has 4 aliphatic rings. The van der Waals surface area contributed by atoms with Gasteiger partial charge in [-0.2, -0.15) is 5.06 Å².